The number of methoxy groups -OCH3 is 1. The van der Waals surface area contributed by atoms with Crippen molar-refractivity contribution in [3.63, 3.8) is 0 Å². The number of hydrogen-bond acceptors (Lipinski definition) is 4. The number of hydrogen-bond donors (Lipinski definition) is 1. The van der Waals surface area contributed by atoms with Crippen molar-refractivity contribution < 1.29 is 18.8 Å². The van der Waals surface area contributed by atoms with Crippen molar-refractivity contribution in [2.45, 2.75) is 50.9 Å². The number of amides is 1. The van der Waals surface area contributed by atoms with E-state index in [1.165, 1.54) is 13.2 Å². The Bertz CT molecular complexity index is 934. The summed E-state index contributed by atoms with van der Waals surface area (Å²) < 4.78 is 11.4. The topological polar surface area (TPSA) is 64.6 Å². The molecule has 0 fully saturated rings. The van der Waals surface area contributed by atoms with Crippen LogP contribution in [0.4, 0.5) is 0 Å². The zero-order valence-electron chi connectivity index (χ0n) is 19.3. The van der Waals surface area contributed by atoms with Gasteiger partial charge in [-0.15, -0.1) is 6.58 Å². The van der Waals surface area contributed by atoms with Gasteiger partial charge in [-0.1, -0.05) is 57.2 Å². The summed E-state index contributed by atoms with van der Waals surface area (Å²) in [5.41, 5.74) is -0.125. The molecule has 0 spiro atoms. The average Bonchev–Trinajstić information content (AvgIpc) is 2.72. The van der Waals surface area contributed by atoms with Crippen LogP contribution in [-0.2, 0) is 16.0 Å². The third-order valence-electron chi connectivity index (χ3n) is 5.83. The Hall–Kier alpha value is -2.86. The Morgan fingerprint density at radius 2 is 1.71 bits per heavy atom. The first-order valence-corrected chi connectivity index (χ1v) is 13.2. The Kier molecular flexibility index (Phi) is 7.49. The molecule has 1 amide bonds. The zero-order chi connectivity index (χ0) is 23.3. The van der Waals surface area contributed by atoms with Gasteiger partial charge in [0.05, 0.1) is 7.11 Å². The minimum absolute atomic E-state index is 0.0591. The highest BCUT2D eigenvalue weighted by molar-refractivity contribution is 6.74. The maximum absolute atomic E-state index is 12.8. The number of benzene rings is 2. The van der Waals surface area contributed by atoms with Crippen molar-refractivity contribution in [1.82, 2.24) is 5.32 Å². The number of ether oxygens (including phenoxy) is 1. The predicted molar refractivity (Wildman–Crippen MR) is 127 cm³/mol. The monoisotopic (exact) mass is 439 g/mol. The number of carbonyl (C=O) groups is 2. The van der Waals surface area contributed by atoms with Crippen molar-refractivity contribution >= 4 is 20.2 Å². The van der Waals surface area contributed by atoms with Crippen LogP contribution in [-0.4, -0.2) is 32.8 Å². The van der Waals surface area contributed by atoms with Crippen LogP contribution in [0.5, 0.6) is 5.75 Å². The Morgan fingerprint density at radius 1 is 1.06 bits per heavy atom. The second-order valence-corrected chi connectivity index (χ2v) is 13.9. The van der Waals surface area contributed by atoms with Crippen LogP contribution < -0.4 is 9.74 Å². The van der Waals surface area contributed by atoms with Crippen molar-refractivity contribution in [3.05, 3.63) is 78.4 Å². The van der Waals surface area contributed by atoms with Crippen LogP contribution in [0.2, 0.25) is 18.1 Å². The molecule has 6 heteroatoms. The van der Waals surface area contributed by atoms with Crippen LogP contribution in [0.1, 0.15) is 36.7 Å². The molecule has 0 aliphatic carbocycles. The molecule has 166 valence electrons. The van der Waals surface area contributed by atoms with Gasteiger partial charge in [0.15, 0.2) is 5.54 Å². The highest BCUT2D eigenvalue weighted by Gasteiger charge is 2.40. The van der Waals surface area contributed by atoms with Crippen LogP contribution in [0.3, 0.4) is 0 Å². The van der Waals surface area contributed by atoms with E-state index in [2.05, 4.69) is 45.8 Å². The third-order valence-corrected chi connectivity index (χ3v) is 10.2. The molecule has 0 aromatic heterocycles. The molecule has 2 rings (SSSR count). The van der Waals surface area contributed by atoms with Gasteiger partial charge in [-0.25, -0.2) is 4.79 Å². The van der Waals surface area contributed by atoms with E-state index in [1.807, 2.05) is 30.3 Å². The molecule has 2 aromatic rings. The second-order valence-electron chi connectivity index (χ2n) is 9.17. The number of esters is 1. The lowest BCUT2D eigenvalue weighted by molar-refractivity contribution is -0.146. The Morgan fingerprint density at radius 3 is 2.26 bits per heavy atom. The third kappa shape index (κ3) is 5.85. The van der Waals surface area contributed by atoms with Gasteiger partial charge < -0.3 is 14.5 Å². The van der Waals surface area contributed by atoms with Gasteiger partial charge in [-0.3, -0.25) is 4.79 Å². The summed E-state index contributed by atoms with van der Waals surface area (Å²) in [6.45, 7) is 14.7. The quantitative estimate of drug-likeness (QED) is 0.351. The van der Waals surface area contributed by atoms with Crippen LogP contribution >= 0.6 is 0 Å². The smallest absolute Gasteiger partial charge is 0.336 e. The maximum atomic E-state index is 12.8. The molecule has 5 nitrogen and oxygen atoms in total. The first-order valence-electron chi connectivity index (χ1n) is 10.3. The van der Waals surface area contributed by atoms with Crippen molar-refractivity contribution in [1.29, 1.82) is 0 Å². The summed E-state index contributed by atoms with van der Waals surface area (Å²) in [6, 6.07) is 16.4. The number of rotatable bonds is 8. The highest BCUT2D eigenvalue weighted by Crippen LogP contribution is 2.37. The molecule has 1 N–H and O–H groups in total. The zero-order valence-corrected chi connectivity index (χ0v) is 20.3. The molecule has 0 heterocycles. The molecule has 2 aromatic carbocycles. The molecule has 1 atom stereocenters. The summed E-state index contributed by atoms with van der Waals surface area (Å²) in [5, 5.41) is 2.88. The molecule has 0 aliphatic heterocycles. The lowest BCUT2D eigenvalue weighted by Crippen LogP contribution is -2.55. The molecular formula is C25H33NO4Si. The summed E-state index contributed by atoms with van der Waals surface area (Å²) in [6.07, 6.45) is 1.62. The number of carbonyl (C=O) groups excluding carboxylic acids is 2. The van der Waals surface area contributed by atoms with Gasteiger partial charge in [0, 0.05) is 12.0 Å². The molecule has 0 bridgehead atoms. The molecule has 0 aliphatic rings. The van der Waals surface area contributed by atoms with Gasteiger partial charge in [0.2, 0.25) is 8.32 Å². The molecule has 0 radical (unpaired) electrons. The molecular weight excluding hydrogens is 406 g/mol. The van der Waals surface area contributed by atoms with Gasteiger partial charge in [-0.2, -0.15) is 0 Å². The fourth-order valence-electron chi connectivity index (χ4n) is 2.91. The lowest BCUT2D eigenvalue weighted by atomic mass is 9.90. The summed E-state index contributed by atoms with van der Waals surface area (Å²) >= 11 is 0. The first kappa shape index (κ1) is 24.4. The lowest BCUT2D eigenvalue weighted by Gasteiger charge is -2.36. The molecule has 0 saturated carbocycles. The minimum atomic E-state index is -2.02. The van der Waals surface area contributed by atoms with E-state index in [1.54, 1.807) is 24.3 Å². The number of nitrogens with one attached hydrogen (secondary N) is 1. The van der Waals surface area contributed by atoms with E-state index in [9.17, 15) is 9.59 Å². The predicted octanol–water partition coefficient (Wildman–Crippen LogP) is 5.14. The average molecular weight is 440 g/mol. The summed E-state index contributed by atoms with van der Waals surface area (Å²) in [5.74, 6) is -0.205. The van der Waals surface area contributed by atoms with Gasteiger partial charge >= 0.3 is 5.97 Å². The van der Waals surface area contributed by atoms with E-state index in [0.717, 1.165) is 11.3 Å². The minimum Gasteiger partial charge on any atom is -0.543 e. The Labute approximate surface area is 186 Å². The first-order chi connectivity index (χ1) is 14.4. The largest absolute Gasteiger partial charge is 0.543 e. The standard InChI is InChI=1S/C25H33NO4Si/c1-8-25(23(28)29-5,26-22(27)20-14-10-9-11-15-20)18-19-13-12-16-21(17-19)30-31(6,7)24(2,3)4/h8-17H,1,18H2,2-7H3,(H,26,27)/t25-/m1/s1. The van der Waals surface area contributed by atoms with Crippen molar-refractivity contribution in [2.24, 2.45) is 0 Å². The van der Waals surface area contributed by atoms with E-state index in [4.69, 9.17) is 9.16 Å². The summed E-state index contributed by atoms with van der Waals surface area (Å²) in [4.78, 5) is 25.6. The second kappa shape index (κ2) is 9.52. The molecule has 31 heavy (non-hydrogen) atoms. The van der Waals surface area contributed by atoms with Crippen LogP contribution in [0.15, 0.2) is 67.3 Å². The maximum Gasteiger partial charge on any atom is 0.336 e. The van der Waals surface area contributed by atoms with E-state index < -0.39 is 19.8 Å². The van der Waals surface area contributed by atoms with E-state index in [-0.39, 0.29) is 17.4 Å². The normalized spacial score (nSPS) is 13.6. The van der Waals surface area contributed by atoms with Gasteiger partial charge in [0.1, 0.15) is 5.75 Å². The summed E-state index contributed by atoms with van der Waals surface area (Å²) in [7, 11) is -0.718. The SMILES string of the molecule is C=C[C@](Cc1cccc(O[Si](C)(C)C(C)(C)C)c1)(NC(=O)c1ccccc1)C(=O)OC. The van der Waals surface area contributed by atoms with E-state index >= 15 is 0 Å². The fraction of sp³-hybridized carbons (Fsp3) is 0.360. The highest BCUT2D eigenvalue weighted by atomic mass is 28.4. The van der Waals surface area contributed by atoms with Gasteiger partial charge in [0.25, 0.3) is 5.91 Å². The van der Waals surface area contributed by atoms with Crippen LogP contribution in [0.25, 0.3) is 0 Å². The van der Waals surface area contributed by atoms with E-state index in [0.29, 0.717) is 5.56 Å². The fourth-order valence-corrected chi connectivity index (χ4v) is 3.93. The van der Waals surface area contributed by atoms with Crippen molar-refractivity contribution in [2.75, 3.05) is 7.11 Å². The van der Waals surface area contributed by atoms with Gasteiger partial charge in [-0.05, 0) is 48.0 Å². The Balaban J connectivity index is 2.34. The van der Waals surface area contributed by atoms with Crippen LogP contribution in [0, 0.1) is 0 Å². The van der Waals surface area contributed by atoms with Crippen molar-refractivity contribution in [3.8, 4) is 5.75 Å². The molecule has 0 unspecified atom stereocenters. The molecule has 0 saturated heterocycles.